The lowest BCUT2D eigenvalue weighted by molar-refractivity contribution is 0.482. The predicted octanol–water partition coefficient (Wildman–Crippen LogP) is 3.23. The van der Waals surface area contributed by atoms with Gasteiger partial charge in [-0.15, -0.1) is 21.5 Å². The molecule has 0 aliphatic carbocycles. The Morgan fingerprint density at radius 3 is 2.66 bits per heavy atom. The number of thiophene rings is 1. The molecular weight excluding hydrogens is 434 g/mol. The number of hydrogen-bond acceptors (Lipinski definition) is 8. The fourth-order valence-corrected chi connectivity index (χ4v) is 6.32. The first-order valence-corrected chi connectivity index (χ1v) is 11.4. The zero-order valence-corrected chi connectivity index (χ0v) is 18.3. The molecule has 152 valence electrons. The normalized spacial score (nSPS) is 21.2. The highest BCUT2D eigenvalue weighted by molar-refractivity contribution is 7.89. The average molecular weight is 452 g/mol. The number of hydrogen-bond donors (Lipinski definition) is 1. The van der Waals surface area contributed by atoms with Gasteiger partial charge >= 0.3 is 0 Å². The molecular formula is C18H18ClN5O3S2. The topological polar surface area (TPSA) is 115 Å². The van der Waals surface area contributed by atoms with Gasteiger partial charge in [-0.2, -0.15) is 0 Å². The summed E-state index contributed by atoms with van der Waals surface area (Å²) < 4.78 is 31.4. The molecule has 1 aromatic carbocycles. The summed E-state index contributed by atoms with van der Waals surface area (Å²) in [4.78, 5) is 5.95. The predicted molar refractivity (Wildman–Crippen MR) is 113 cm³/mol. The first-order valence-electron chi connectivity index (χ1n) is 8.62. The van der Waals surface area contributed by atoms with Gasteiger partial charge in [0.2, 0.25) is 27.8 Å². The van der Waals surface area contributed by atoms with E-state index in [-0.39, 0.29) is 11.7 Å². The molecule has 0 amide bonds. The monoisotopic (exact) mass is 451 g/mol. The quantitative estimate of drug-likeness (QED) is 0.653. The van der Waals surface area contributed by atoms with Crippen LogP contribution in [0.15, 0.2) is 39.7 Å². The molecule has 11 heteroatoms. The van der Waals surface area contributed by atoms with Crippen LogP contribution in [0.4, 0.5) is 0 Å². The van der Waals surface area contributed by atoms with Gasteiger partial charge in [0.25, 0.3) is 0 Å². The van der Waals surface area contributed by atoms with Gasteiger partial charge in [-0.05, 0) is 30.7 Å². The number of sulfonamides is 1. The van der Waals surface area contributed by atoms with E-state index < -0.39 is 15.6 Å². The van der Waals surface area contributed by atoms with Crippen LogP contribution >= 0.6 is 22.9 Å². The van der Waals surface area contributed by atoms with E-state index >= 15 is 0 Å². The van der Waals surface area contributed by atoms with E-state index in [1.54, 1.807) is 13.8 Å². The summed E-state index contributed by atoms with van der Waals surface area (Å²) >= 11 is 7.89. The second kappa shape index (κ2) is 6.82. The fourth-order valence-electron chi connectivity index (χ4n) is 3.16. The van der Waals surface area contributed by atoms with Crippen LogP contribution in [0.3, 0.4) is 0 Å². The third-order valence-corrected chi connectivity index (χ3v) is 8.46. The van der Waals surface area contributed by atoms with E-state index in [4.69, 9.17) is 21.8 Å². The third kappa shape index (κ3) is 3.52. The Bertz CT molecular complexity index is 1230. The minimum absolute atomic E-state index is 0.0569. The van der Waals surface area contributed by atoms with Gasteiger partial charge < -0.3 is 10.2 Å². The van der Waals surface area contributed by atoms with Crippen molar-refractivity contribution in [3.63, 3.8) is 0 Å². The Kier molecular flexibility index (Phi) is 4.67. The van der Waals surface area contributed by atoms with Crippen molar-refractivity contribution < 1.29 is 12.8 Å². The van der Waals surface area contributed by atoms with Crippen LogP contribution in [0.1, 0.15) is 17.7 Å². The Labute approximate surface area is 177 Å². The van der Waals surface area contributed by atoms with Crippen molar-refractivity contribution in [3.05, 3.63) is 46.1 Å². The summed E-state index contributed by atoms with van der Waals surface area (Å²) in [5.74, 6) is 0.647. The number of halogens is 1. The van der Waals surface area contributed by atoms with Gasteiger partial charge in [0.05, 0.1) is 15.7 Å². The number of nitrogens with zero attached hydrogens (tertiary/aromatic N) is 4. The van der Waals surface area contributed by atoms with Crippen LogP contribution < -0.4 is 5.73 Å². The molecule has 3 heterocycles. The van der Waals surface area contributed by atoms with E-state index in [2.05, 4.69) is 15.2 Å². The lowest BCUT2D eigenvalue weighted by Gasteiger charge is -2.33. The third-order valence-electron chi connectivity index (χ3n) is 4.66. The maximum absolute atomic E-state index is 12.5. The van der Waals surface area contributed by atoms with Crippen molar-refractivity contribution in [3.8, 4) is 21.9 Å². The molecule has 1 aliphatic rings. The maximum atomic E-state index is 12.5. The van der Waals surface area contributed by atoms with Crippen molar-refractivity contribution in [2.45, 2.75) is 19.4 Å². The second-order valence-corrected chi connectivity index (χ2v) is 10.4. The molecule has 0 radical (unpaired) electrons. The van der Waals surface area contributed by atoms with Crippen molar-refractivity contribution in [1.29, 1.82) is 0 Å². The van der Waals surface area contributed by atoms with Crippen molar-refractivity contribution in [2.75, 3.05) is 12.8 Å². The van der Waals surface area contributed by atoms with Gasteiger partial charge in [-0.1, -0.05) is 23.7 Å². The zero-order valence-electron chi connectivity index (χ0n) is 15.9. The number of rotatable bonds is 3. The maximum Gasteiger partial charge on any atom is 0.247 e. The van der Waals surface area contributed by atoms with Crippen LogP contribution in [0.25, 0.3) is 21.9 Å². The first-order chi connectivity index (χ1) is 13.6. The van der Waals surface area contributed by atoms with E-state index in [1.807, 2.05) is 30.3 Å². The molecule has 3 aromatic rings. The highest BCUT2D eigenvalue weighted by Gasteiger charge is 2.42. The van der Waals surface area contributed by atoms with Gasteiger partial charge in [-0.25, -0.2) is 17.7 Å². The average Bonchev–Trinajstić information content (AvgIpc) is 3.26. The van der Waals surface area contributed by atoms with E-state index in [9.17, 15) is 8.42 Å². The van der Waals surface area contributed by atoms with Crippen LogP contribution in [0.2, 0.25) is 5.02 Å². The van der Waals surface area contributed by atoms with Crippen LogP contribution in [0, 0.1) is 6.92 Å². The number of benzene rings is 1. The highest BCUT2D eigenvalue weighted by atomic mass is 35.5. The molecule has 0 spiro atoms. The summed E-state index contributed by atoms with van der Waals surface area (Å²) in [6.07, 6.45) is 0. The molecule has 29 heavy (non-hydrogen) atoms. The van der Waals surface area contributed by atoms with Gasteiger partial charge in [0, 0.05) is 24.4 Å². The lowest BCUT2D eigenvalue weighted by atomic mass is 10.0. The summed E-state index contributed by atoms with van der Waals surface area (Å²) in [5.41, 5.74) is 6.48. The molecule has 0 fully saturated rings. The van der Waals surface area contributed by atoms with Gasteiger partial charge in [0.1, 0.15) is 5.54 Å². The molecule has 0 saturated carbocycles. The largest absolute Gasteiger partial charge is 0.421 e. The summed E-state index contributed by atoms with van der Waals surface area (Å²) in [7, 11) is -2.19. The van der Waals surface area contributed by atoms with Crippen molar-refractivity contribution in [2.24, 2.45) is 10.7 Å². The lowest BCUT2D eigenvalue weighted by Crippen LogP contribution is -2.50. The van der Waals surface area contributed by atoms with E-state index in [0.717, 1.165) is 20.3 Å². The molecule has 2 aromatic heterocycles. The SMILES string of the molecule is Cc1nnc(-c2cccc(-c3cc(Cl)c(C4(C)CS(=O)(=O)N(C)C(N)=N4)s3)c2)o1. The van der Waals surface area contributed by atoms with Crippen LogP contribution in [-0.2, 0) is 15.6 Å². The van der Waals surface area contributed by atoms with Crippen LogP contribution in [0.5, 0.6) is 0 Å². The zero-order chi connectivity index (χ0) is 21.0. The molecule has 1 unspecified atom stereocenters. The Morgan fingerprint density at radius 2 is 2.00 bits per heavy atom. The molecule has 0 bridgehead atoms. The number of guanidine groups is 1. The molecule has 2 N–H and O–H groups in total. The number of aliphatic imine (C=N–C) groups is 1. The van der Waals surface area contributed by atoms with E-state index in [1.165, 1.54) is 18.4 Å². The molecule has 4 rings (SSSR count). The highest BCUT2D eigenvalue weighted by Crippen LogP contribution is 2.44. The van der Waals surface area contributed by atoms with Gasteiger partial charge in [0.15, 0.2) is 0 Å². The summed E-state index contributed by atoms with van der Waals surface area (Å²) in [5, 5.41) is 8.35. The second-order valence-electron chi connectivity index (χ2n) is 6.96. The molecule has 8 nitrogen and oxygen atoms in total. The summed E-state index contributed by atoms with van der Waals surface area (Å²) in [6, 6.07) is 9.42. The number of aryl methyl sites for hydroxylation is 1. The summed E-state index contributed by atoms with van der Waals surface area (Å²) in [6.45, 7) is 3.46. The standard InChI is InChI=1S/C18H18ClN5O3S2/c1-10-22-23-16(27-10)12-6-4-5-11(7-12)14-8-13(19)15(28-14)18(2)9-29(25,26)24(3)17(20)21-18/h4-8H,9H2,1-3H3,(H2,20,21). The fraction of sp³-hybridized carbons (Fsp3) is 0.278. The van der Waals surface area contributed by atoms with Crippen molar-refractivity contribution >= 4 is 38.9 Å². The number of nitrogens with two attached hydrogens (primary N) is 1. The number of aromatic nitrogens is 2. The minimum Gasteiger partial charge on any atom is -0.421 e. The Morgan fingerprint density at radius 1 is 1.28 bits per heavy atom. The molecule has 1 aliphatic heterocycles. The van der Waals surface area contributed by atoms with Crippen LogP contribution in [-0.4, -0.2) is 41.7 Å². The first kappa shape index (κ1) is 19.9. The molecule has 1 atom stereocenters. The minimum atomic E-state index is -3.58. The van der Waals surface area contributed by atoms with Crippen molar-refractivity contribution in [1.82, 2.24) is 14.5 Å². The Hall–Kier alpha value is -2.43. The van der Waals surface area contributed by atoms with Gasteiger partial charge in [-0.3, -0.25) is 0 Å². The Balaban J connectivity index is 1.76. The van der Waals surface area contributed by atoms with E-state index in [0.29, 0.717) is 21.7 Å². The smallest absolute Gasteiger partial charge is 0.247 e. The molecule has 0 saturated heterocycles.